The van der Waals surface area contributed by atoms with Crippen LogP contribution in [0.4, 0.5) is 0 Å². The number of sulfone groups is 1. The summed E-state index contributed by atoms with van der Waals surface area (Å²) in [6.07, 6.45) is 1.20. The normalized spacial score (nSPS) is 12.3. The maximum Gasteiger partial charge on any atom is 0.175 e. The lowest BCUT2D eigenvalue weighted by Crippen LogP contribution is -1.95. The Morgan fingerprint density at radius 1 is 1.00 bits per heavy atom. The first-order valence-electron chi connectivity index (χ1n) is 5.27. The van der Waals surface area contributed by atoms with E-state index in [9.17, 15) is 8.42 Å². The van der Waals surface area contributed by atoms with Crippen molar-refractivity contribution in [1.29, 1.82) is 0 Å². The summed E-state index contributed by atoms with van der Waals surface area (Å²) < 4.78 is 29.7. The topological polar surface area (TPSA) is 47.3 Å². The van der Waals surface area contributed by atoms with Crippen molar-refractivity contribution in [2.24, 2.45) is 0 Å². The van der Waals surface area contributed by atoms with E-state index in [1.54, 1.807) is 18.2 Å². The average Bonchev–Trinajstić information content (AvgIpc) is 2.63. The average molecular weight is 325 g/mol. The minimum Gasteiger partial charge on any atom is -0.456 e. The molecule has 0 atom stereocenters. The van der Waals surface area contributed by atoms with Crippen LogP contribution in [0.15, 0.2) is 50.2 Å². The highest BCUT2D eigenvalue weighted by Gasteiger charge is 2.12. The van der Waals surface area contributed by atoms with Crippen molar-refractivity contribution < 1.29 is 12.8 Å². The highest BCUT2D eigenvalue weighted by molar-refractivity contribution is 9.10. The molecule has 0 unspecified atom stereocenters. The molecule has 0 fully saturated rings. The molecule has 3 nitrogen and oxygen atoms in total. The maximum absolute atomic E-state index is 11.6. The second-order valence-electron chi connectivity index (χ2n) is 4.17. The second kappa shape index (κ2) is 3.83. The highest BCUT2D eigenvalue weighted by Crippen LogP contribution is 2.32. The van der Waals surface area contributed by atoms with Gasteiger partial charge in [-0.25, -0.2) is 8.42 Å². The monoisotopic (exact) mass is 324 g/mol. The predicted octanol–water partition coefficient (Wildman–Crippen LogP) is 3.75. The summed E-state index contributed by atoms with van der Waals surface area (Å²) in [5.41, 5.74) is 1.43. The molecule has 1 heterocycles. The van der Waals surface area contributed by atoms with Crippen LogP contribution < -0.4 is 0 Å². The standard InChI is InChI=1S/C13H9BrO3S/c1-18(15,16)9-3-5-12-11(7-9)10-4-2-8(14)6-13(10)17-12/h2-7H,1H3. The van der Waals surface area contributed by atoms with Crippen molar-refractivity contribution in [3.63, 3.8) is 0 Å². The Morgan fingerprint density at radius 3 is 2.50 bits per heavy atom. The highest BCUT2D eigenvalue weighted by atomic mass is 79.9. The molecule has 0 bridgehead atoms. The number of furan rings is 1. The molecule has 3 aromatic rings. The van der Waals surface area contributed by atoms with Crippen LogP contribution in [0, 0.1) is 0 Å². The first kappa shape index (κ1) is 11.7. The lowest BCUT2D eigenvalue weighted by Gasteiger charge is -1.97. The van der Waals surface area contributed by atoms with Gasteiger partial charge >= 0.3 is 0 Å². The predicted molar refractivity (Wildman–Crippen MR) is 74.5 cm³/mol. The summed E-state index contributed by atoms with van der Waals surface area (Å²) in [6.45, 7) is 0. The lowest BCUT2D eigenvalue weighted by atomic mass is 10.1. The van der Waals surface area contributed by atoms with Gasteiger partial charge < -0.3 is 4.42 Å². The smallest absolute Gasteiger partial charge is 0.175 e. The summed E-state index contributed by atoms with van der Waals surface area (Å²) in [4.78, 5) is 0.306. The summed E-state index contributed by atoms with van der Waals surface area (Å²) >= 11 is 3.38. The zero-order chi connectivity index (χ0) is 12.9. The number of hydrogen-bond acceptors (Lipinski definition) is 3. The molecule has 0 N–H and O–H groups in total. The van der Waals surface area contributed by atoms with Gasteiger partial charge in [-0.1, -0.05) is 15.9 Å². The van der Waals surface area contributed by atoms with Gasteiger partial charge in [-0.2, -0.15) is 0 Å². The number of halogens is 1. The molecule has 0 amide bonds. The minimum absolute atomic E-state index is 0.306. The molecule has 0 aliphatic heterocycles. The summed E-state index contributed by atoms with van der Waals surface area (Å²) in [5, 5.41) is 1.74. The lowest BCUT2D eigenvalue weighted by molar-refractivity contribution is 0.602. The van der Waals surface area contributed by atoms with Crippen LogP contribution >= 0.6 is 15.9 Å². The van der Waals surface area contributed by atoms with E-state index < -0.39 is 9.84 Å². The van der Waals surface area contributed by atoms with Crippen LogP contribution in [-0.4, -0.2) is 14.7 Å². The molecule has 0 aliphatic rings. The Hall–Kier alpha value is -1.33. The third-order valence-electron chi connectivity index (χ3n) is 2.83. The Morgan fingerprint density at radius 2 is 1.78 bits per heavy atom. The summed E-state index contributed by atoms with van der Waals surface area (Å²) in [7, 11) is -3.20. The van der Waals surface area contributed by atoms with Gasteiger partial charge in [-0.3, -0.25) is 0 Å². The zero-order valence-corrected chi connectivity index (χ0v) is 11.9. The Labute approximate surface area is 112 Å². The van der Waals surface area contributed by atoms with E-state index in [0.29, 0.717) is 10.5 Å². The van der Waals surface area contributed by atoms with E-state index >= 15 is 0 Å². The van der Waals surface area contributed by atoms with Gasteiger partial charge in [0.15, 0.2) is 9.84 Å². The SMILES string of the molecule is CS(=O)(=O)c1ccc2oc3cc(Br)ccc3c2c1. The van der Waals surface area contributed by atoms with E-state index in [4.69, 9.17) is 4.42 Å². The van der Waals surface area contributed by atoms with E-state index in [0.717, 1.165) is 20.8 Å². The van der Waals surface area contributed by atoms with Crippen LogP contribution in [0.2, 0.25) is 0 Å². The molecule has 0 saturated carbocycles. The quantitative estimate of drug-likeness (QED) is 0.684. The molecule has 5 heteroatoms. The molecule has 92 valence electrons. The first-order valence-corrected chi connectivity index (χ1v) is 7.95. The maximum atomic E-state index is 11.6. The van der Waals surface area contributed by atoms with Gasteiger partial charge in [-0.05, 0) is 36.4 Å². The third-order valence-corrected chi connectivity index (χ3v) is 4.44. The van der Waals surface area contributed by atoms with Crippen LogP contribution in [0.5, 0.6) is 0 Å². The van der Waals surface area contributed by atoms with E-state index in [-0.39, 0.29) is 0 Å². The minimum atomic E-state index is -3.20. The molecule has 18 heavy (non-hydrogen) atoms. The molecule has 1 aromatic heterocycles. The van der Waals surface area contributed by atoms with Crippen molar-refractivity contribution >= 4 is 47.7 Å². The fourth-order valence-electron chi connectivity index (χ4n) is 1.96. The summed E-state index contributed by atoms with van der Waals surface area (Å²) in [5.74, 6) is 0. The number of rotatable bonds is 1. The van der Waals surface area contributed by atoms with Crippen LogP contribution in [0.1, 0.15) is 0 Å². The molecular weight excluding hydrogens is 316 g/mol. The fourth-order valence-corrected chi connectivity index (χ4v) is 2.95. The Bertz CT molecular complexity index is 862. The van der Waals surface area contributed by atoms with Crippen molar-refractivity contribution in [1.82, 2.24) is 0 Å². The van der Waals surface area contributed by atoms with Gasteiger partial charge in [0.2, 0.25) is 0 Å². The fraction of sp³-hybridized carbons (Fsp3) is 0.0769. The van der Waals surface area contributed by atoms with Crippen molar-refractivity contribution in [3.05, 3.63) is 40.9 Å². The van der Waals surface area contributed by atoms with Crippen molar-refractivity contribution in [2.45, 2.75) is 4.90 Å². The third kappa shape index (κ3) is 1.83. The van der Waals surface area contributed by atoms with Gasteiger partial charge in [-0.15, -0.1) is 0 Å². The van der Waals surface area contributed by atoms with Crippen LogP contribution in [0.25, 0.3) is 21.9 Å². The number of benzene rings is 2. The molecule has 2 aromatic carbocycles. The zero-order valence-electron chi connectivity index (χ0n) is 9.48. The molecular formula is C13H9BrO3S. The Balaban J connectivity index is 2.43. The van der Waals surface area contributed by atoms with E-state index in [2.05, 4.69) is 15.9 Å². The largest absolute Gasteiger partial charge is 0.456 e. The molecule has 0 saturated heterocycles. The molecule has 3 rings (SSSR count). The molecule has 0 radical (unpaired) electrons. The first-order chi connectivity index (χ1) is 8.45. The van der Waals surface area contributed by atoms with Crippen LogP contribution in [0.3, 0.4) is 0 Å². The molecule has 0 spiro atoms. The number of hydrogen-bond donors (Lipinski definition) is 0. The van der Waals surface area contributed by atoms with Gasteiger partial charge in [0.05, 0.1) is 4.90 Å². The number of fused-ring (bicyclic) bond motifs is 3. The second-order valence-corrected chi connectivity index (χ2v) is 7.10. The summed E-state index contributed by atoms with van der Waals surface area (Å²) in [6, 6.07) is 10.6. The van der Waals surface area contributed by atoms with Crippen molar-refractivity contribution in [3.8, 4) is 0 Å². The van der Waals surface area contributed by atoms with Crippen molar-refractivity contribution in [2.75, 3.05) is 6.26 Å². The van der Waals surface area contributed by atoms with Gasteiger partial charge in [0.1, 0.15) is 11.2 Å². The van der Waals surface area contributed by atoms with Gasteiger partial charge in [0, 0.05) is 21.5 Å². The Kier molecular flexibility index (Phi) is 2.50. The van der Waals surface area contributed by atoms with E-state index in [1.807, 2.05) is 18.2 Å². The van der Waals surface area contributed by atoms with Crippen LogP contribution in [-0.2, 0) is 9.84 Å². The van der Waals surface area contributed by atoms with E-state index in [1.165, 1.54) is 6.26 Å². The molecule has 0 aliphatic carbocycles. The van der Waals surface area contributed by atoms with Gasteiger partial charge in [0.25, 0.3) is 0 Å².